The molecule has 0 radical (unpaired) electrons. The Balaban J connectivity index is 1.45. The third kappa shape index (κ3) is 4.52. The molecule has 166 valence electrons. The van der Waals surface area contributed by atoms with Crippen LogP contribution in [0.5, 0.6) is 11.5 Å². The smallest absolute Gasteiger partial charge is 0.265 e. The van der Waals surface area contributed by atoms with E-state index in [1.54, 1.807) is 24.1 Å². The molecule has 31 heavy (non-hydrogen) atoms. The van der Waals surface area contributed by atoms with Gasteiger partial charge in [0.1, 0.15) is 11.5 Å². The molecule has 10 heteroatoms. The number of halogens is 1. The lowest BCUT2D eigenvalue weighted by Gasteiger charge is -2.40. The molecule has 1 atom stereocenters. The van der Waals surface area contributed by atoms with Gasteiger partial charge in [0.25, 0.3) is 5.91 Å². The number of carbonyl (C=O) groups excluding carboxylic acids is 1. The van der Waals surface area contributed by atoms with Gasteiger partial charge < -0.3 is 19.3 Å². The normalized spacial score (nSPS) is 18.9. The number of ether oxygens (including phenoxy) is 2. The van der Waals surface area contributed by atoms with E-state index in [1.807, 2.05) is 24.3 Å². The summed E-state index contributed by atoms with van der Waals surface area (Å²) in [7, 11) is -1.97. The number of rotatable bonds is 4. The second-order valence-corrected chi connectivity index (χ2v) is 9.87. The fraction of sp³-hybridized carbons (Fsp3) is 0.381. The number of anilines is 2. The molecule has 1 fully saturated rings. The minimum atomic E-state index is -3.60. The number of amides is 1. The Kier molecular flexibility index (Phi) is 5.90. The van der Waals surface area contributed by atoms with Crippen LogP contribution in [0.15, 0.2) is 42.5 Å². The van der Waals surface area contributed by atoms with Gasteiger partial charge in [0.05, 0.1) is 25.6 Å². The van der Waals surface area contributed by atoms with Gasteiger partial charge in [-0.15, -0.1) is 0 Å². The van der Waals surface area contributed by atoms with Crippen molar-refractivity contribution in [1.82, 2.24) is 4.90 Å². The molecule has 2 aliphatic heterocycles. The number of fused-ring (bicyclic) bond motifs is 1. The van der Waals surface area contributed by atoms with Gasteiger partial charge in [0.2, 0.25) is 10.0 Å². The van der Waals surface area contributed by atoms with Gasteiger partial charge in [-0.1, -0.05) is 11.6 Å². The van der Waals surface area contributed by atoms with Gasteiger partial charge in [0, 0.05) is 36.9 Å². The van der Waals surface area contributed by atoms with E-state index in [1.165, 1.54) is 10.4 Å². The van der Waals surface area contributed by atoms with E-state index < -0.39 is 16.1 Å². The summed E-state index contributed by atoms with van der Waals surface area (Å²) in [5, 5.41) is 0.399. The minimum absolute atomic E-state index is 0.0797. The summed E-state index contributed by atoms with van der Waals surface area (Å²) in [5.41, 5.74) is 1.42. The van der Waals surface area contributed by atoms with Crippen LogP contribution in [0.4, 0.5) is 11.4 Å². The molecule has 8 nitrogen and oxygen atoms in total. The van der Waals surface area contributed by atoms with Crippen molar-refractivity contribution in [3.05, 3.63) is 47.5 Å². The van der Waals surface area contributed by atoms with Crippen molar-refractivity contribution < 1.29 is 22.7 Å². The van der Waals surface area contributed by atoms with E-state index >= 15 is 0 Å². The van der Waals surface area contributed by atoms with Crippen LogP contribution in [-0.2, 0) is 14.8 Å². The highest BCUT2D eigenvalue weighted by Gasteiger charge is 2.38. The fourth-order valence-corrected chi connectivity index (χ4v) is 4.92. The summed E-state index contributed by atoms with van der Waals surface area (Å²) in [5.74, 6) is 0.906. The Morgan fingerprint density at radius 2 is 1.77 bits per heavy atom. The molecule has 2 heterocycles. The van der Waals surface area contributed by atoms with Gasteiger partial charge >= 0.3 is 0 Å². The number of methoxy groups -OCH3 is 1. The van der Waals surface area contributed by atoms with Crippen molar-refractivity contribution in [2.75, 3.05) is 55.3 Å². The molecule has 0 saturated carbocycles. The monoisotopic (exact) mass is 465 g/mol. The van der Waals surface area contributed by atoms with Crippen LogP contribution in [0.3, 0.4) is 0 Å². The zero-order valence-corrected chi connectivity index (χ0v) is 18.9. The molecule has 0 aromatic heterocycles. The second kappa shape index (κ2) is 8.47. The average Bonchev–Trinajstić information content (AvgIpc) is 2.77. The quantitative estimate of drug-likeness (QED) is 0.689. The predicted octanol–water partition coefficient (Wildman–Crippen LogP) is 2.22. The van der Waals surface area contributed by atoms with E-state index in [2.05, 4.69) is 4.90 Å². The second-order valence-electron chi connectivity index (χ2n) is 7.52. The summed E-state index contributed by atoms with van der Waals surface area (Å²) in [6, 6.07) is 12.5. The number of carbonyl (C=O) groups is 1. The number of hydrogen-bond donors (Lipinski definition) is 0. The first-order chi connectivity index (χ1) is 14.8. The summed E-state index contributed by atoms with van der Waals surface area (Å²) in [4.78, 5) is 17.1. The summed E-state index contributed by atoms with van der Waals surface area (Å²) >= 11 is 6.03. The molecule has 2 aromatic rings. The van der Waals surface area contributed by atoms with E-state index in [0.29, 0.717) is 42.6 Å². The number of hydrogen-bond acceptors (Lipinski definition) is 6. The van der Waals surface area contributed by atoms with Gasteiger partial charge in [-0.05, 0) is 42.5 Å². The van der Waals surface area contributed by atoms with E-state index in [0.717, 1.165) is 17.7 Å². The Bertz CT molecular complexity index is 1070. The first kappa shape index (κ1) is 21.6. The molecule has 2 aliphatic rings. The molecule has 0 N–H and O–H groups in total. The van der Waals surface area contributed by atoms with Crippen molar-refractivity contribution >= 4 is 38.9 Å². The fourth-order valence-electron chi connectivity index (χ4n) is 3.85. The predicted molar refractivity (Wildman–Crippen MR) is 120 cm³/mol. The van der Waals surface area contributed by atoms with Gasteiger partial charge in [-0.25, -0.2) is 8.42 Å². The van der Waals surface area contributed by atoms with Crippen LogP contribution < -0.4 is 18.7 Å². The SMILES string of the molecule is COc1ccc(N2CCN(C(=O)[C@H]3CN(S(C)(=O)=O)c4cc(Cl)ccc4O3)CC2)cc1. The highest BCUT2D eigenvalue weighted by molar-refractivity contribution is 7.92. The zero-order valence-electron chi connectivity index (χ0n) is 17.3. The molecule has 0 bridgehead atoms. The maximum absolute atomic E-state index is 13.1. The van der Waals surface area contributed by atoms with E-state index in [4.69, 9.17) is 21.1 Å². The van der Waals surface area contributed by atoms with Crippen LogP contribution in [0.25, 0.3) is 0 Å². The lowest BCUT2D eigenvalue weighted by Crippen LogP contribution is -2.56. The lowest BCUT2D eigenvalue weighted by molar-refractivity contribution is -0.138. The number of nitrogens with zero attached hydrogens (tertiary/aromatic N) is 3. The molecule has 2 aromatic carbocycles. The molecule has 1 saturated heterocycles. The van der Waals surface area contributed by atoms with Crippen LogP contribution >= 0.6 is 11.6 Å². The Morgan fingerprint density at radius 3 is 2.39 bits per heavy atom. The van der Waals surface area contributed by atoms with Gasteiger partial charge in [-0.3, -0.25) is 9.10 Å². The molecular formula is C21H24ClN3O5S. The van der Waals surface area contributed by atoms with Crippen molar-refractivity contribution in [3.63, 3.8) is 0 Å². The van der Waals surface area contributed by atoms with Crippen molar-refractivity contribution in [2.45, 2.75) is 6.10 Å². The average molecular weight is 466 g/mol. The number of benzene rings is 2. The van der Waals surface area contributed by atoms with Gasteiger partial charge in [0.15, 0.2) is 6.10 Å². The Morgan fingerprint density at radius 1 is 1.10 bits per heavy atom. The van der Waals surface area contributed by atoms with Crippen LogP contribution in [0, 0.1) is 0 Å². The molecule has 0 unspecified atom stereocenters. The van der Waals surface area contributed by atoms with Gasteiger partial charge in [-0.2, -0.15) is 0 Å². The molecular weight excluding hydrogens is 442 g/mol. The zero-order chi connectivity index (χ0) is 22.2. The maximum atomic E-state index is 13.1. The standard InChI is InChI=1S/C21H24ClN3O5S/c1-29-17-6-4-16(5-7-17)23-9-11-24(12-10-23)21(26)20-14-25(31(2,27)28)18-13-15(22)3-8-19(18)30-20/h3-8,13,20H,9-12,14H2,1-2H3/t20-/m1/s1. The Hall–Kier alpha value is -2.65. The lowest BCUT2D eigenvalue weighted by atomic mass is 10.2. The molecule has 4 rings (SSSR count). The topological polar surface area (TPSA) is 79.4 Å². The first-order valence-corrected chi connectivity index (χ1v) is 12.1. The van der Waals surface area contributed by atoms with Crippen molar-refractivity contribution in [2.24, 2.45) is 0 Å². The third-order valence-electron chi connectivity index (χ3n) is 5.50. The molecule has 0 aliphatic carbocycles. The highest BCUT2D eigenvalue weighted by Crippen LogP contribution is 2.37. The summed E-state index contributed by atoms with van der Waals surface area (Å²) < 4.78 is 36.9. The van der Waals surface area contributed by atoms with E-state index in [9.17, 15) is 13.2 Å². The maximum Gasteiger partial charge on any atom is 0.265 e. The summed E-state index contributed by atoms with van der Waals surface area (Å²) in [6.45, 7) is 2.32. The van der Waals surface area contributed by atoms with Crippen LogP contribution in [-0.4, -0.2) is 71.4 Å². The number of piperazine rings is 1. The van der Waals surface area contributed by atoms with Crippen molar-refractivity contribution in [1.29, 1.82) is 0 Å². The summed E-state index contributed by atoms with van der Waals surface area (Å²) in [6.07, 6.45) is 0.203. The van der Waals surface area contributed by atoms with Crippen molar-refractivity contribution in [3.8, 4) is 11.5 Å². The largest absolute Gasteiger partial charge is 0.497 e. The Labute approximate surface area is 186 Å². The minimum Gasteiger partial charge on any atom is -0.497 e. The molecule has 0 spiro atoms. The van der Waals surface area contributed by atoms with Crippen LogP contribution in [0.1, 0.15) is 0 Å². The van der Waals surface area contributed by atoms with Crippen LogP contribution in [0.2, 0.25) is 5.02 Å². The highest BCUT2D eigenvalue weighted by atomic mass is 35.5. The first-order valence-electron chi connectivity index (χ1n) is 9.88. The third-order valence-corrected chi connectivity index (χ3v) is 6.88. The molecule has 1 amide bonds. The number of sulfonamides is 1. The van der Waals surface area contributed by atoms with E-state index in [-0.39, 0.29) is 12.5 Å².